The third-order valence-corrected chi connectivity index (χ3v) is 3.76. The van der Waals surface area contributed by atoms with Crippen LogP contribution in [0.25, 0.3) is 0 Å². The summed E-state index contributed by atoms with van der Waals surface area (Å²) in [6.07, 6.45) is 5.35. The van der Waals surface area contributed by atoms with Crippen molar-refractivity contribution in [3.8, 4) is 5.75 Å². The van der Waals surface area contributed by atoms with Crippen LogP contribution < -0.4 is 10.1 Å². The Bertz CT molecular complexity index is 375. The maximum Gasteiger partial charge on any atom is 0.124 e. The summed E-state index contributed by atoms with van der Waals surface area (Å²) in [6, 6.07) is 6.99. The van der Waals surface area contributed by atoms with Crippen LogP contribution in [0.4, 0.5) is 5.69 Å². The number of anilines is 1. The highest BCUT2D eigenvalue weighted by Crippen LogP contribution is 2.47. The molecule has 1 heterocycles. The van der Waals surface area contributed by atoms with Crippen molar-refractivity contribution in [2.45, 2.75) is 37.6 Å². The Morgan fingerprint density at radius 1 is 1.27 bits per heavy atom. The second-order valence-corrected chi connectivity index (χ2v) is 4.56. The number of hydrogen-bond acceptors (Lipinski definition) is 2. The van der Waals surface area contributed by atoms with Gasteiger partial charge in [-0.25, -0.2) is 0 Å². The zero-order chi connectivity index (χ0) is 10.3. The molecule has 3 rings (SSSR count). The number of hydrogen-bond donors (Lipinski definition) is 1. The minimum absolute atomic E-state index is 0.657. The minimum atomic E-state index is 0.657. The zero-order valence-electron chi connectivity index (χ0n) is 9.12. The molecule has 2 aliphatic rings. The second kappa shape index (κ2) is 3.44. The Labute approximate surface area is 90.6 Å². The van der Waals surface area contributed by atoms with Crippen molar-refractivity contribution < 1.29 is 4.74 Å². The lowest BCUT2D eigenvalue weighted by Crippen LogP contribution is -2.23. The van der Waals surface area contributed by atoms with E-state index >= 15 is 0 Å². The Kier molecular flexibility index (Phi) is 2.08. The Morgan fingerprint density at radius 2 is 2.13 bits per heavy atom. The first kappa shape index (κ1) is 9.08. The van der Waals surface area contributed by atoms with Gasteiger partial charge in [-0.2, -0.15) is 0 Å². The molecule has 0 amide bonds. The number of nitrogens with one attached hydrogen (secondary N) is 1. The summed E-state index contributed by atoms with van der Waals surface area (Å²) in [5.74, 6) is 1.75. The third-order valence-electron chi connectivity index (χ3n) is 3.76. The van der Waals surface area contributed by atoms with Crippen molar-refractivity contribution in [3.05, 3.63) is 23.8 Å². The van der Waals surface area contributed by atoms with Crippen molar-refractivity contribution in [2.75, 3.05) is 12.4 Å². The third kappa shape index (κ3) is 1.31. The molecule has 1 N–H and O–H groups in total. The molecule has 0 spiro atoms. The van der Waals surface area contributed by atoms with Gasteiger partial charge < -0.3 is 10.1 Å². The molecule has 1 fully saturated rings. The van der Waals surface area contributed by atoms with E-state index in [1.54, 1.807) is 7.11 Å². The molecule has 2 heteroatoms. The van der Waals surface area contributed by atoms with E-state index in [2.05, 4.69) is 23.5 Å². The van der Waals surface area contributed by atoms with Gasteiger partial charge in [0.1, 0.15) is 5.75 Å². The fraction of sp³-hybridized carbons (Fsp3) is 0.538. The fourth-order valence-electron chi connectivity index (χ4n) is 3.08. The summed E-state index contributed by atoms with van der Waals surface area (Å²) in [5.41, 5.74) is 2.72. The Balaban J connectivity index is 2.05. The summed E-state index contributed by atoms with van der Waals surface area (Å²) in [4.78, 5) is 0. The average Bonchev–Trinajstić information content (AvgIpc) is 2.67. The maximum atomic E-state index is 5.47. The van der Waals surface area contributed by atoms with Gasteiger partial charge in [-0.15, -0.1) is 0 Å². The van der Waals surface area contributed by atoms with Crippen molar-refractivity contribution in [3.63, 3.8) is 0 Å². The quantitative estimate of drug-likeness (QED) is 0.757. The molecule has 2 atom stereocenters. The van der Waals surface area contributed by atoms with Gasteiger partial charge >= 0.3 is 0 Å². The average molecular weight is 203 g/mol. The molecule has 1 aromatic rings. The number of rotatable bonds is 1. The van der Waals surface area contributed by atoms with Gasteiger partial charge in [-0.1, -0.05) is 18.9 Å². The molecule has 15 heavy (non-hydrogen) atoms. The van der Waals surface area contributed by atoms with Crippen molar-refractivity contribution in [1.82, 2.24) is 0 Å². The van der Waals surface area contributed by atoms with Gasteiger partial charge in [0.2, 0.25) is 0 Å². The largest absolute Gasteiger partial charge is 0.496 e. The topological polar surface area (TPSA) is 21.3 Å². The van der Waals surface area contributed by atoms with Crippen molar-refractivity contribution in [2.24, 2.45) is 0 Å². The molecule has 0 saturated heterocycles. The highest BCUT2D eigenvalue weighted by atomic mass is 16.5. The van der Waals surface area contributed by atoms with Gasteiger partial charge in [0, 0.05) is 23.2 Å². The van der Waals surface area contributed by atoms with Crippen LogP contribution in [-0.2, 0) is 0 Å². The monoisotopic (exact) mass is 203 g/mol. The summed E-state index contributed by atoms with van der Waals surface area (Å²) < 4.78 is 5.47. The summed E-state index contributed by atoms with van der Waals surface area (Å²) in [6.45, 7) is 0. The lowest BCUT2D eigenvalue weighted by molar-refractivity contribution is 0.384. The Hall–Kier alpha value is -1.18. The van der Waals surface area contributed by atoms with Crippen LogP contribution in [-0.4, -0.2) is 13.2 Å². The van der Waals surface area contributed by atoms with E-state index in [1.165, 1.54) is 36.9 Å². The van der Waals surface area contributed by atoms with Crippen LogP contribution >= 0.6 is 0 Å². The van der Waals surface area contributed by atoms with Crippen LogP contribution in [0, 0.1) is 0 Å². The van der Waals surface area contributed by atoms with Crippen LogP contribution in [0.2, 0.25) is 0 Å². The minimum Gasteiger partial charge on any atom is -0.496 e. The molecule has 1 aliphatic carbocycles. The van der Waals surface area contributed by atoms with E-state index in [-0.39, 0.29) is 0 Å². The standard InChI is InChI=1S/C13H17NO/c1-15-12-8-4-7-11-13(12)9-5-2-3-6-10(9)14-11/h4,7-10,14H,2-3,5-6H2,1H3. The lowest BCUT2D eigenvalue weighted by Gasteiger charge is -2.25. The van der Waals surface area contributed by atoms with Crippen LogP contribution in [0.5, 0.6) is 5.75 Å². The molecular weight excluding hydrogens is 186 g/mol. The van der Waals surface area contributed by atoms with Crippen LogP contribution in [0.15, 0.2) is 18.2 Å². The molecular formula is C13H17NO. The van der Waals surface area contributed by atoms with E-state index in [0.717, 1.165) is 5.75 Å². The maximum absolute atomic E-state index is 5.47. The molecule has 0 aromatic heterocycles. The number of fused-ring (bicyclic) bond motifs is 3. The molecule has 80 valence electrons. The van der Waals surface area contributed by atoms with Crippen LogP contribution in [0.3, 0.4) is 0 Å². The first-order valence-corrected chi connectivity index (χ1v) is 5.83. The smallest absolute Gasteiger partial charge is 0.124 e. The predicted octanol–water partition coefficient (Wildman–Crippen LogP) is 3.15. The molecule has 2 unspecified atom stereocenters. The van der Waals surface area contributed by atoms with Crippen LogP contribution in [0.1, 0.15) is 37.2 Å². The highest BCUT2D eigenvalue weighted by Gasteiger charge is 2.35. The molecule has 1 aromatic carbocycles. The van der Waals surface area contributed by atoms with Gasteiger partial charge in [-0.3, -0.25) is 0 Å². The molecule has 1 aliphatic heterocycles. The van der Waals surface area contributed by atoms with Gasteiger partial charge in [0.25, 0.3) is 0 Å². The fourth-order valence-corrected chi connectivity index (χ4v) is 3.08. The van der Waals surface area contributed by atoms with Crippen molar-refractivity contribution >= 4 is 5.69 Å². The van der Waals surface area contributed by atoms with E-state index in [1.807, 2.05) is 0 Å². The Morgan fingerprint density at radius 3 is 3.00 bits per heavy atom. The second-order valence-electron chi connectivity index (χ2n) is 4.56. The van der Waals surface area contributed by atoms with E-state index in [0.29, 0.717) is 12.0 Å². The first-order chi connectivity index (χ1) is 7.40. The zero-order valence-corrected chi connectivity index (χ0v) is 9.12. The van der Waals surface area contributed by atoms with E-state index in [9.17, 15) is 0 Å². The van der Waals surface area contributed by atoms with Gasteiger partial charge in [-0.05, 0) is 25.0 Å². The van der Waals surface area contributed by atoms with Gasteiger partial charge in [0.05, 0.1) is 7.11 Å². The summed E-state index contributed by atoms with van der Waals surface area (Å²) in [7, 11) is 1.77. The molecule has 0 radical (unpaired) electrons. The number of ether oxygens (including phenoxy) is 1. The summed E-state index contributed by atoms with van der Waals surface area (Å²) >= 11 is 0. The molecule has 1 saturated carbocycles. The normalized spacial score (nSPS) is 27.8. The number of benzene rings is 1. The SMILES string of the molecule is COc1cccc2c1C1CCCCC1N2. The van der Waals surface area contributed by atoms with Gasteiger partial charge in [0.15, 0.2) is 0 Å². The highest BCUT2D eigenvalue weighted by molar-refractivity contribution is 5.64. The summed E-state index contributed by atoms with van der Waals surface area (Å²) in [5, 5.41) is 3.63. The number of methoxy groups -OCH3 is 1. The molecule has 2 nitrogen and oxygen atoms in total. The van der Waals surface area contributed by atoms with Crippen molar-refractivity contribution in [1.29, 1.82) is 0 Å². The van der Waals surface area contributed by atoms with E-state index in [4.69, 9.17) is 4.74 Å². The van der Waals surface area contributed by atoms with E-state index < -0.39 is 0 Å². The molecule has 0 bridgehead atoms. The first-order valence-electron chi connectivity index (χ1n) is 5.83. The lowest BCUT2D eigenvalue weighted by atomic mass is 9.82. The predicted molar refractivity (Wildman–Crippen MR) is 61.6 cm³/mol.